The number of hydrogen-bond acceptors (Lipinski definition) is 5. The summed E-state index contributed by atoms with van der Waals surface area (Å²) in [6, 6.07) is 0. The Labute approximate surface area is 265 Å². The molecule has 0 aliphatic rings. The normalized spacial score (nSPS) is 10.6. The van der Waals surface area contributed by atoms with Crippen molar-refractivity contribution in [1.29, 1.82) is 0 Å². The number of ether oxygens (including phenoxy) is 2. The van der Waals surface area contributed by atoms with Crippen LogP contribution in [0.3, 0.4) is 0 Å². The molecule has 1 rings (SSSR count). The molecule has 0 fully saturated rings. The molecule has 0 atom stereocenters. The van der Waals surface area contributed by atoms with Gasteiger partial charge in [-0.25, -0.2) is 4.79 Å². The fourth-order valence-corrected chi connectivity index (χ4v) is 5.22. The zero-order valence-corrected chi connectivity index (χ0v) is 28.8. The molecule has 1 aromatic heterocycles. The maximum atomic E-state index is 12.1. The standard InChI is InChI=1S/C33H58N2O4S.BrH/c1-4-5-6-7-8-9-10-11-12-13-14-17-20-23-34-33(37)39-28-31(30(2)3)27-38-32(36)22-19-16-15-18-21-24-35-25-26-40-29-35;/h25-26,29H,4-24,27-28H2,1-3H3;1H. The Hall–Kier alpha value is -1.41. The molecule has 6 nitrogen and oxygen atoms in total. The summed E-state index contributed by atoms with van der Waals surface area (Å²) in [4.78, 5) is 24.2. The van der Waals surface area contributed by atoms with Gasteiger partial charge >= 0.3 is 12.1 Å². The molecule has 0 unspecified atom stereocenters. The first-order chi connectivity index (χ1) is 19.5. The number of aryl methyl sites for hydroxylation is 1. The van der Waals surface area contributed by atoms with Gasteiger partial charge in [0.15, 0.2) is 6.20 Å². The molecule has 0 aliphatic carbocycles. The Morgan fingerprint density at radius 1 is 0.732 bits per heavy atom. The Morgan fingerprint density at radius 3 is 1.83 bits per heavy atom. The van der Waals surface area contributed by atoms with E-state index >= 15 is 0 Å². The highest BCUT2D eigenvalue weighted by Gasteiger charge is 2.10. The SMILES string of the molecule is CCCCCCCCCCCCCCCNC(=O)OCC(COC(=O)CCCCCCC[n+]1ccsc1)=C(C)C.[Br-]. The summed E-state index contributed by atoms with van der Waals surface area (Å²) in [5.41, 5.74) is 3.99. The summed E-state index contributed by atoms with van der Waals surface area (Å²) in [7, 11) is 0. The molecule has 8 heteroatoms. The average Bonchev–Trinajstić information content (AvgIpc) is 3.46. The monoisotopic (exact) mass is 658 g/mol. The number of alkyl carbamates (subject to hydrolysis) is 1. The van der Waals surface area contributed by atoms with E-state index < -0.39 is 6.09 Å². The van der Waals surface area contributed by atoms with Gasteiger partial charge in [-0.1, -0.05) is 114 Å². The van der Waals surface area contributed by atoms with E-state index in [1.807, 2.05) is 13.8 Å². The minimum absolute atomic E-state index is 0. The van der Waals surface area contributed by atoms with Crippen LogP contribution in [0.2, 0.25) is 0 Å². The smallest absolute Gasteiger partial charge is 0.407 e. The predicted octanol–water partition coefficient (Wildman–Crippen LogP) is 6.08. The highest BCUT2D eigenvalue weighted by Crippen LogP contribution is 2.13. The molecule has 0 saturated carbocycles. The van der Waals surface area contributed by atoms with E-state index in [1.54, 1.807) is 11.3 Å². The molecule has 0 aliphatic heterocycles. The van der Waals surface area contributed by atoms with Crippen LogP contribution in [-0.2, 0) is 20.8 Å². The van der Waals surface area contributed by atoms with Crippen molar-refractivity contribution in [2.75, 3.05) is 19.8 Å². The second kappa shape index (κ2) is 28.7. The van der Waals surface area contributed by atoms with Crippen LogP contribution in [0.4, 0.5) is 4.79 Å². The summed E-state index contributed by atoms with van der Waals surface area (Å²) in [6.07, 6.45) is 24.6. The summed E-state index contributed by atoms with van der Waals surface area (Å²) >= 11 is 1.72. The Kier molecular flexibility index (Phi) is 27.7. The molecule has 0 bridgehead atoms. The molecule has 1 N–H and O–H groups in total. The number of unbranched alkanes of at least 4 members (excludes halogenated alkanes) is 16. The number of aromatic nitrogens is 1. The summed E-state index contributed by atoms with van der Waals surface area (Å²) in [6.45, 7) is 8.22. The number of esters is 1. The largest absolute Gasteiger partial charge is 1.00 e. The Morgan fingerprint density at radius 2 is 1.27 bits per heavy atom. The van der Waals surface area contributed by atoms with Gasteiger partial charge in [0, 0.05) is 25.0 Å². The molecule has 1 amide bonds. The summed E-state index contributed by atoms with van der Waals surface area (Å²) < 4.78 is 13.0. The van der Waals surface area contributed by atoms with Crippen molar-refractivity contribution in [1.82, 2.24) is 5.32 Å². The quantitative estimate of drug-likeness (QED) is 0.0567. The van der Waals surface area contributed by atoms with Gasteiger partial charge < -0.3 is 31.8 Å². The molecule has 0 spiro atoms. The minimum Gasteiger partial charge on any atom is -1.00 e. The number of nitrogens with one attached hydrogen (secondary N) is 1. The van der Waals surface area contributed by atoms with Crippen LogP contribution >= 0.6 is 11.3 Å². The Bertz CT molecular complexity index is 782. The molecular weight excluding hydrogens is 600 g/mol. The van der Waals surface area contributed by atoms with E-state index in [2.05, 4.69) is 33.9 Å². The van der Waals surface area contributed by atoms with Gasteiger partial charge in [0.25, 0.3) is 0 Å². The van der Waals surface area contributed by atoms with Crippen molar-refractivity contribution in [3.63, 3.8) is 0 Å². The minimum atomic E-state index is -0.401. The van der Waals surface area contributed by atoms with E-state index in [0.717, 1.165) is 49.8 Å². The van der Waals surface area contributed by atoms with Crippen molar-refractivity contribution in [3.05, 3.63) is 28.2 Å². The lowest BCUT2D eigenvalue weighted by atomic mass is 10.0. The molecule has 238 valence electrons. The van der Waals surface area contributed by atoms with E-state index in [4.69, 9.17) is 9.47 Å². The topological polar surface area (TPSA) is 68.5 Å². The van der Waals surface area contributed by atoms with Gasteiger partial charge in [-0.15, -0.1) is 0 Å². The molecule has 0 aromatic carbocycles. The van der Waals surface area contributed by atoms with Crippen LogP contribution in [0.5, 0.6) is 0 Å². The second-order valence-electron chi connectivity index (χ2n) is 11.3. The average molecular weight is 660 g/mol. The first kappa shape index (κ1) is 39.6. The van der Waals surface area contributed by atoms with Crippen LogP contribution in [0.25, 0.3) is 0 Å². The zero-order valence-electron chi connectivity index (χ0n) is 26.4. The zero-order chi connectivity index (χ0) is 29.1. The third-order valence-corrected chi connectivity index (χ3v) is 8.04. The van der Waals surface area contributed by atoms with Gasteiger partial charge in [0.1, 0.15) is 19.8 Å². The molecule has 0 radical (unpaired) electrons. The van der Waals surface area contributed by atoms with Crippen LogP contribution in [-0.4, -0.2) is 31.8 Å². The number of nitrogens with zero attached hydrogens (tertiary/aromatic N) is 1. The number of carbonyl (C=O) groups is 2. The van der Waals surface area contributed by atoms with Crippen LogP contribution in [0, 0.1) is 0 Å². The lowest BCUT2D eigenvalue weighted by molar-refractivity contribution is -0.692. The number of halogens is 1. The molecule has 1 aromatic rings. The van der Waals surface area contributed by atoms with Crippen molar-refractivity contribution >= 4 is 23.4 Å². The maximum absolute atomic E-state index is 12.1. The van der Waals surface area contributed by atoms with Gasteiger partial charge in [0.2, 0.25) is 5.51 Å². The number of hydrogen-bond donors (Lipinski definition) is 1. The predicted molar refractivity (Wildman–Crippen MR) is 167 cm³/mol. The molecular formula is C33H59BrN2O4S. The van der Waals surface area contributed by atoms with Gasteiger partial charge in [-0.05, 0) is 33.1 Å². The number of rotatable bonds is 26. The van der Waals surface area contributed by atoms with E-state index in [0.29, 0.717) is 13.0 Å². The number of amides is 1. The number of thiazole rings is 1. The van der Waals surface area contributed by atoms with Gasteiger partial charge in [0.05, 0.1) is 5.38 Å². The van der Waals surface area contributed by atoms with Crippen molar-refractivity contribution in [3.8, 4) is 0 Å². The van der Waals surface area contributed by atoms with Crippen LogP contribution in [0.1, 0.15) is 143 Å². The van der Waals surface area contributed by atoms with E-state index in [9.17, 15) is 9.59 Å². The van der Waals surface area contributed by atoms with Crippen molar-refractivity contribution < 1.29 is 40.6 Å². The maximum Gasteiger partial charge on any atom is 0.407 e. The first-order valence-electron chi connectivity index (χ1n) is 16.2. The summed E-state index contributed by atoms with van der Waals surface area (Å²) in [5, 5.41) is 4.94. The number of carbonyl (C=O) groups excluding carboxylic acids is 2. The molecule has 41 heavy (non-hydrogen) atoms. The highest BCUT2D eigenvalue weighted by atomic mass is 79.9. The van der Waals surface area contributed by atoms with Crippen LogP contribution < -0.4 is 26.9 Å². The third-order valence-electron chi connectivity index (χ3n) is 7.37. The van der Waals surface area contributed by atoms with E-state index in [1.165, 1.54) is 83.5 Å². The van der Waals surface area contributed by atoms with Crippen LogP contribution in [0.15, 0.2) is 28.2 Å². The second-order valence-corrected chi connectivity index (χ2v) is 12.0. The highest BCUT2D eigenvalue weighted by molar-refractivity contribution is 7.07. The first-order valence-corrected chi connectivity index (χ1v) is 17.1. The number of allylic oxidation sites excluding steroid dienone is 1. The molecule has 0 saturated heterocycles. The fourth-order valence-electron chi connectivity index (χ4n) is 4.59. The van der Waals surface area contributed by atoms with Gasteiger partial charge in [-0.2, -0.15) is 4.57 Å². The van der Waals surface area contributed by atoms with Gasteiger partial charge in [-0.3, -0.25) is 4.79 Å². The third kappa shape index (κ3) is 24.9. The summed E-state index contributed by atoms with van der Waals surface area (Å²) in [5.74, 6) is -0.181. The molecule has 1 heterocycles. The van der Waals surface area contributed by atoms with Crippen molar-refractivity contribution in [2.45, 2.75) is 149 Å². The fraction of sp³-hybridized carbons (Fsp3) is 0.788. The lowest BCUT2D eigenvalue weighted by Crippen LogP contribution is -3.00. The van der Waals surface area contributed by atoms with E-state index in [-0.39, 0.29) is 36.2 Å². The van der Waals surface area contributed by atoms with Crippen molar-refractivity contribution in [2.24, 2.45) is 0 Å². The lowest BCUT2D eigenvalue weighted by Gasteiger charge is -2.12. The Balaban J connectivity index is 0.0000160.